The molecule has 1 saturated carbocycles. The van der Waals surface area contributed by atoms with Gasteiger partial charge in [0.1, 0.15) is 29.1 Å². The van der Waals surface area contributed by atoms with Crippen LogP contribution >= 0.6 is 0 Å². The van der Waals surface area contributed by atoms with Gasteiger partial charge in [0, 0.05) is 44.3 Å². The molecular formula is C30H42FN5O5. The van der Waals surface area contributed by atoms with E-state index in [4.69, 9.17) is 9.47 Å². The number of halogens is 1. The lowest BCUT2D eigenvalue weighted by atomic mass is 9.97. The molecule has 0 unspecified atom stereocenters. The third-order valence-electron chi connectivity index (χ3n) is 7.69. The number of nitrogens with one attached hydrogen (secondary N) is 1. The highest BCUT2D eigenvalue weighted by atomic mass is 19.1. The summed E-state index contributed by atoms with van der Waals surface area (Å²) in [5.74, 6) is -0.866. The van der Waals surface area contributed by atoms with Crippen molar-refractivity contribution < 1.29 is 28.2 Å². The Morgan fingerprint density at radius 3 is 2.24 bits per heavy atom. The summed E-state index contributed by atoms with van der Waals surface area (Å²) in [6.45, 7) is 12.8. The number of hydrogen-bond donors (Lipinski definition) is 1. The fourth-order valence-corrected chi connectivity index (χ4v) is 5.88. The molecular weight excluding hydrogens is 529 g/mol. The molecule has 1 aromatic carbocycles. The van der Waals surface area contributed by atoms with Crippen LogP contribution in [0.4, 0.5) is 19.7 Å². The van der Waals surface area contributed by atoms with E-state index in [0.29, 0.717) is 37.4 Å². The Labute approximate surface area is 241 Å². The number of carbonyl (C=O) groups excluding carboxylic acids is 3. The maximum atomic E-state index is 15.2. The number of rotatable bonds is 5. The SMILES string of the molecule is CC(C)(C)OC(=O)N1CCN(c2ccc(C[C@@H](C#N)NC(=O)[C@@H]3[C@H]4CC[C@H](C4)N3C(=O)OC(C)(C)C)c(F)c2)CC1. The first-order chi connectivity index (χ1) is 19.1. The van der Waals surface area contributed by atoms with Crippen LogP contribution in [0.15, 0.2) is 18.2 Å². The van der Waals surface area contributed by atoms with E-state index in [1.807, 2.05) is 25.7 Å². The zero-order valence-corrected chi connectivity index (χ0v) is 24.9. The number of fused-ring (bicyclic) bond motifs is 2. The molecule has 4 atom stereocenters. The highest BCUT2D eigenvalue weighted by Crippen LogP contribution is 2.43. The molecule has 3 fully saturated rings. The van der Waals surface area contributed by atoms with Gasteiger partial charge in [-0.05, 0) is 84.4 Å². The second kappa shape index (κ2) is 11.7. The second-order valence-corrected chi connectivity index (χ2v) is 13.2. The zero-order valence-electron chi connectivity index (χ0n) is 24.9. The van der Waals surface area contributed by atoms with Gasteiger partial charge >= 0.3 is 12.2 Å². The molecule has 2 saturated heterocycles. The van der Waals surface area contributed by atoms with Crippen molar-refractivity contribution in [2.24, 2.45) is 5.92 Å². The minimum Gasteiger partial charge on any atom is -0.444 e. The standard InChI is InChI=1S/C30H42FN5O5/c1-29(2,3)40-27(38)35-13-11-34(12-14-35)22-9-7-19(24(31)17-22)15-21(18-32)33-26(37)25-20-8-10-23(16-20)36(25)28(39)41-30(4,5)6/h7,9,17,20-21,23,25H,8,10-16H2,1-6H3,(H,33,37)/t20-,21-,23+,25-/m0/s1. The van der Waals surface area contributed by atoms with Gasteiger partial charge in [0.25, 0.3) is 0 Å². The number of amides is 3. The van der Waals surface area contributed by atoms with Crippen molar-refractivity contribution in [2.75, 3.05) is 31.1 Å². The van der Waals surface area contributed by atoms with Crippen LogP contribution in [-0.4, -0.2) is 83.4 Å². The molecule has 2 aliphatic heterocycles. The van der Waals surface area contributed by atoms with Crippen LogP contribution in [0, 0.1) is 23.1 Å². The minimum absolute atomic E-state index is 0.00592. The van der Waals surface area contributed by atoms with Crippen molar-refractivity contribution in [1.29, 1.82) is 5.26 Å². The number of carbonyl (C=O) groups is 3. The van der Waals surface area contributed by atoms with Crippen molar-refractivity contribution >= 4 is 23.8 Å². The van der Waals surface area contributed by atoms with Crippen LogP contribution in [0.2, 0.25) is 0 Å². The van der Waals surface area contributed by atoms with Crippen molar-refractivity contribution in [3.05, 3.63) is 29.6 Å². The first-order valence-corrected chi connectivity index (χ1v) is 14.4. The van der Waals surface area contributed by atoms with Crippen LogP contribution in [-0.2, 0) is 20.7 Å². The summed E-state index contributed by atoms with van der Waals surface area (Å²) < 4.78 is 26.2. The van der Waals surface area contributed by atoms with Crippen LogP contribution in [0.25, 0.3) is 0 Å². The zero-order chi connectivity index (χ0) is 30.1. The number of ether oxygens (including phenoxy) is 2. The van der Waals surface area contributed by atoms with Gasteiger partial charge in [0.2, 0.25) is 5.91 Å². The average molecular weight is 572 g/mol. The van der Waals surface area contributed by atoms with Gasteiger partial charge in [-0.2, -0.15) is 5.26 Å². The van der Waals surface area contributed by atoms with Crippen molar-refractivity contribution in [3.8, 4) is 6.07 Å². The Bertz CT molecular complexity index is 1200. The number of piperazine rings is 1. The summed E-state index contributed by atoms with van der Waals surface area (Å²) in [4.78, 5) is 43.7. The van der Waals surface area contributed by atoms with Gasteiger partial charge in [-0.15, -0.1) is 0 Å². The molecule has 224 valence electrons. The molecule has 1 N–H and O–H groups in total. The minimum atomic E-state index is -0.958. The molecule has 0 aromatic heterocycles. The monoisotopic (exact) mass is 571 g/mol. The molecule has 11 heteroatoms. The lowest BCUT2D eigenvalue weighted by Gasteiger charge is -2.36. The fourth-order valence-electron chi connectivity index (χ4n) is 5.88. The quantitative estimate of drug-likeness (QED) is 0.563. The van der Waals surface area contributed by atoms with Gasteiger partial charge in [-0.25, -0.2) is 14.0 Å². The predicted molar refractivity (Wildman–Crippen MR) is 151 cm³/mol. The molecule has 41 heavy (non-hydrogen) atoms. The lowest BCUT2D eigenvalue weighted by molar-refractivity contribution is -0.128. The van der Waals surface area contributed by atoms with Gasteiger partial charge in [-0.3, -0.25) is 9.69 Å². The van der Waals surface area contributed by atoms with Crippen LogP contribution in [0.3, 0.4) is 0 Å². The van der Waals surface area contributed by atoms with Crippen molar-refractivity contribution in [1.82, 2.24) is 15.1 Å². The first kappa shape index (κ1) is 30.4. The van der Waals surface area contributed by atoms with E-state index >= 15 is 4.39 Å². The molecule has 10 nitrogen and oxygen atoms in total. The predicted octanol–water partition coefficient (Wildman–Crippen LogP) is 4.22. The Balaban J connectivity index is 1.35. The van der Waals surface area contributed by atoms with E-state index in [1.165, 1.54) is 11.0 Å². The number of likely N-dealkylation sites (tertiary alicyclic amines) is 1. The van der Waals surface area contributed by atoms with E-state index in [1.54, 1.807) is 37.8 Å². The smallest absolute Gasteiger partial charge is 0.411 e. The Hall–Kier alpha value is -3.55. The maximum Gasteiger partial charge on any atom is 0.411 e. The topological polar surface area (TPSA) is 115 Å². The largest absolute Gasteiger partial charge is 0.444 e. The normalized spacial score (nSPS) is 23.2. The molecule has 2 bridgehead atoms. The number of nitriles is 1. The molecule has 4 rings (SSSR count). The molecule has 0 radical (unpaired) electrons. The number of nitrogens with zero attached hydrogens (tertiary/aromatic N) is 4. The third kappa shape index (κ3) is 7.40. The summed E-state index contributed by atoms with van der Waals surface area (Å²) >= 11 is 0. The summed E-state index contributed by atoms with van der Waals surface area (Å²) in [7, 11) is 0. The maximum absolute atomic E-state index is 15.2. The molecule has 1 aliphatic carbocycles. The van der Waals surface area contributed by atoms with Crippen LogP contribution < -0.4 is 10.2 Å². The third-order valence-corrected chi connectivity index (χ3v) is 7.69. The summed E-state index contributed by atoms with van der Waals surface area (Å²) in [5, 5.41) is 12.5. The number of hydrogen-bond acceptors (Lipinski definition) is 7. The van der Waals surface area contributed by atoms with E-state index in [0.717, 1.165) is 19.3 Å². The average Bonchev–Trinajstić information content (AvgIpc) is 3.49. The van der Waals surface area contributed by atoms with E-state index in [2.05, 4.69) is 11.4 Å². The van der Waals surface area contributed by atoms with Crippen LogP contribution in [0.5, 0.6) is 0 Å². The second-order valence-electron chi connectivity index (χ2n) is 13.2. The van der Waals surface area contributed by atoms with E-state index in [-0.39, 0.29) is 24.5 Å². The highest BCUT2D eigenvalue weighted by molar-refractivity contribution is 5.87. The Morgan fingerprint density at radius 1 is 1.02 bits per heavy atom. The van der Waals surface area contributed by atoms with Crippen molar-refractivity contribution in [3.63, 3.8) is 0 Å². The van der Waals surface area contributed by atoms with Crippen LogP contribution in [0.1, 0.15) is 66.4 Å². The number of piperidine rings is 1. The van der Waals surface area contributed by atoms with E-state index in [9.17, 15) is 19.6 Å². The number of anilines is 1. The van der Waals surface area contributed by atoms with Gasteiger partial charge in [-0.1, -0.05) is 6.07 Å². The number of benzene rings is 1. The van der Waals surface area contributed by atoms with Gasteiger partial charge in [0.15, 0.2) is 0 Å². The first-order valence-electron chi connectivity index (χ1n) is 14.4. The summed E-state index contributed by atoms with van der Waals surface area (Å²) in [6.07, 6.45) is 1.50. The fraction of sp³-hybridized carbons (Fsp3) is 0.667. The molecule has 3 amide bonds. The molecule has 3 aliphatic rings. The molecule has 2 heterocycles. The Kier molecular flexibility index (Phi) is 8.71. The molecule has 1 aromatic rings. The van der Waals surface area contributed by atoms with Crippen molar-refractivity contribution in [2.45, 2.75) is 96.6 Å². The van der Waals surface area contributed by atoms with Gasteiger partial charge in [0.05, 0.1) is 6.07 Å². The highest BCUT2D eigenvalue weighted by Gasteiger charge is 2.52. The summed E-state index contributed by atoms with van der Waals surface area (Å²) in [5.41, 5.74) is -0.264. The lowest BCUT2D eigenvalue weighted by Crippen LogP contribution is -2.55. The van der Waals surface area contributed by atoms with Gasteiger partial charge < -0.3 is 24.6 Å². The molecule has 0 spiro atoms. The summed E-state index contributed by atoms with van der Waals surface area (Å²) in [6, 6.07) is 5.21. The van der Waals surface area contributed by atoms with E-state index < -0.39 is 41.1 Å². The Morgan fingerprint density at radius 2 is 1.66 bits per heavy atom.